The molecule has 1 fully saturated rings. The number of halogens is 1. The summed E-state index contributed by atoms with van der Waals surface area (Å²) in [5, 5.41) is 8.90. The van der Waals surface area contributed by atoms with Gasteiger partial charge in [0, 0.05) is 24.0 Å². The molecule has 0 radical (unpaired) electrons. The van der Waals surface area contributed by atoms with Crippen molar-refractivity contribution in [2.45, 2.75) is 32.4 Å². The van der Waals surface area contributed by atoms with Crippen molar-refractivity contribution in [3.05, 3.63) is 40.5 Å². The van der Waals surface area contributed by atoms with Gasteiger partial charge >= 0.3 is 0 Å². The third kappa shape index (κ3) is 2.53. The summed E-state index contributed by atoms with van der Waals surface area (Å²) in [6.07, 6.45) is 1.14. The van der Waals surface area contributed by atoms with Gasteiger partial charge in [-0.15, -0.1) is 0 Å². The molecule has 1 aromatic carbocycles. The van der Waals surface area contributed by atoms with Crippen molar-refractivity contribution in [1.82, 2.24) is 15.6 Å². The Balaban J connectivity index is 1.89. The predicted octanol–water partition coefficient (Wildman–Crippen LogP) is 3.04. The number of benzene rings is 1. The highest BCUT2D eigenvalue weighted by Gasteiger charge is 2.28. The van der Waals surface area contributed by atoms with E-state index < -0.39 is 0 Å². The minimum absolute atomic E-state index is 0.143. The standard InChI is InChI=1S/C16H20ClN3/c1-11-12-5-3-4-6-13(12)20-14(15(11)17)9-19-16(2)7-8-18-10-16/h3-6,18-19H,7-10H2,1-2H3. The van der Waals surface area contributed by atoms with Crippen LogP contribution in [0.15, 0.2) is 24.3 Å². The molecule has 1 aromatic heterocycles. The first-order valence-corrected chi connectivity index (χ1v) is 7.46. The molecule has 106 valence electrons. The second-order valence-electron chi connectivity index (χ2n) is 5.86. The minimum Gasteiger partial charge on any atom is -0.315 e. The Labute approximate surface area is 124 Å². The third-order valence-electron chi connectivity index (χ3n) is 4.20. The van der Waals surface area contributed by atoms with Gasteiger partial charge in [0.25, 0.3) is 0 Å². The average molecular weight is 290 g/mol. The van der Waals surface area contributed by atoms with Crippen molar-refractivity contribution in [2.24, 2.45) is 0 Å². The van der Waals surface area contributed by atoms with Gasteiger partial charge in [0.2, 0.25) is 0 Å². The zero-order valence-corrected chi connectivity index (χ0v) is 12.7. The molecule has 0 bridgehead atoms. The van der Waals surface area contributed by atoms with Gasteiger partial charge in [0.05, 0.1) is 16.2 Å². The number of nitrogens with one attached hydrogen (secondary N) is 2. The Bertz CT molecular complexity index is 633. The Morgan fingerprint density at radius 1 is 1.40 bits per heavy atom. The van der Waals surface area contributed by atoms with Gasteiger partial charge in [-0.1, -0.05) is 29.8 Å². The Morgan fingerprint density at radius 3 is 2.95 bits per heavy atom. The zero-order chi connectivity index (χ0) is 14.2. The molecule has 1 unspecified atom stereocenters. The molecule has 20 heavy (non-hydrogen) atoms. The van der Waals surface area contributed by atoms with Crippen molar-refractivity contribution in [1.29, 1.82) is 0 Å². The van der Waals surface area contributed by atoms with Crippen molar-refractivity contribution < 1.29 is 0 Å². The van der Waals surface area contributed by atoms with Gasteiger partial charge in [-0.05, 0) is 38.4 Å². The number of aromatic nitrogens is 1. The largest absolute Gasteiger partial charge is 0.315 e. The molecule has 2 N–H and O–H groups in total. The lowest BCUT2D eigenvalue weighted by molar-refractivity contribution is 0.383. The molecule has 0 aliphatic carbocycles. The number of aryl methyl sites for hydroxylation is 1. The van der Waals surface area contributed by atoms with Crippen LogP contribution in [-0.4, -0.2) is 23.6 Å². The van der Waals surface area contributed by atoms with Crippen LogP contribution < -0.4 is 10.6 Å². The van der Waals surface area contributed by atoms with E-state index in [4.69, 9.17) is 16.6 Å². The second kappa shape index (κ2) is 5.32. The predicted molar refractivity (Wildman–Crippen MR) is 84.2 cm³/mol. The van der Waals surface area contributed by atoms with Gasteiger partial charge < -0.3 is 10.6 Å². The molecule has 3 rings (SSSR count). The quantitative estimate of drug-likeness (QED) is 0.912. The van der Waals surface area contributed by atoms with E-state index in [2.05, 4.69) is 30.5 Å². The normalized spacial score (nSPS) is 22.6. The van der Waals surface area contributed by atoms with Gasteiger partial charge in [-0.3, -0.25) is 0 Å². The number of para-hydroxylation sites is 1. The van der Waals surface area contributed by atoms with Crippen LogP contribution in [0.5, 0.6) is 0 Å². The van der Waals surface area contributed by atoms with E-state index in [0.717, 1.165) is 46.7 Å². The van der Waals surface area contributed by atoms with Crippen molar-refractivity contribution in [2.75, 3.05) is 13.1 Å². The highest BCUT2D eigenvalue weighted by atomic mass is 35.5. The monoisotopic (exact) mass is 289 g/mol. The van der Waals surface area contributed by atoms with Crippen LogP contribution in [0.1, 0.15) is 24.6 Å². The fourth-order valence-electron chi connectivity index (χ4n) is 2.80. The molecule has 2 heterocycles. The molecule has 0 spiro atoms. The lowest BCUT2D eigenvalue weighted by atomic mass is 10.0. The fourth-order valence-corrected chi connectivity index (χ4v) is 3.01. The number of hydrogen-bond donors (Lipinski definition) is 2. The van der Waals surface area contributed by atoms with Crippen LogP contribution in [0, 0.1) is 6.92 Å². The number of rotatable bonds is 3. The second-order valence-corrected chi connectivity index (χ2v) is 6.23. The summed E-state index contributed by atoms with van der Waals surface area (Å²) >= 11 is 6.48. The van der Waals surface area contributed by atoms with Gasteiger partial charge in [-0.25, -0.2) is 4.98 Å². The molecule has 1 atom stereocenters. The lowest BCUT2D eigenvalue weighted by Crippen LogP contribution is -2.43. The van der Waals surface area contributed by atoms with Gasteiger partial charge in [0.1, 0.15) is 0 Å². The maximum Gasteiger partial charge on any atom is 0.0738 e. The van der Waals surface area contributed by atoms with Crippen LogP contribution in [-0.2, 0) is 6.54 Å². The van der Waals surface area contributed by atoms with E-state index >= 15 is 0 Å². The first-order valence-electron chi connectivity index (χ1n) is 7.08. The minimum atomic E-state index is 0.143. The maximum absolute atomic E-state index is 6.48. The molecular formula is C16H20ClN3. The zero-order valence-electron chi connectivity index (χ0n) is 12.0. The summed E-state index contributed by atoms with van der Waals surface area (Å²) in [5.74, 6) is 0. The lowest BCUT2D eigenvalue weighted by Gasteiger charge is -2.25. The molecule has 1 saturated heterocycles. The summed E-state index contributed by atoms with van der Waals surface area (Å²) in [4.78, 5) is 4.71. The summed E-state index contributed by atoms with van der Waals surface area (Å²) < 4.78 is 0. The van der Waals surface area contributed by atoms with Crippen LogP contribution >= 0.6 is 11.6 Å². The van der Waals surface area contributed by atoms with Crippen LogP contribution in [0.3, 0.4) is 0 Å². The molecule has 4 heteroatoms. The highest BCUT2D eigenvalue weighted by Crippen LogP contribution is 2.27. The summed E-state index contributed by atoms with van der Waals surface area (Å²) in [5.41, 5.74) is 3.21. The molecular weight excluding hydrogens is 270 g/mol. The maximum atomic E-state index is 6.48. The van der Waals surface area contributed by atoms with Gasteiger partial charge in [0.15, 0.2) is 0 Å². The van der Waals surface area contributed by atoms with E-state index in [9.17, 15) is 0 Å². The van der Waals surface area contributed by atoms with Crippen LogP contribution in [0.25, 0.3) is 10.9 Å². The van der Waals surface area contributed by atoms with Crippen molar-refractivity contribution in [3.63, 3.8) is 0 Å². The molecule has 3 nitrogen and oxygen atoms in total. The van der Waals surface area contributed by atoms with E-state index in [1.165, 1.54) is 0 Å². The first-order chi connectivity index (χ1) is 9.59. The van der Waals surface area contributed by atoms with E-state index in [1.807, 2.05) is 18.2 Å². The van der Waals surface area contributed by atoms with E-state index in [0.29, 0.717) is 6.54 Å². The van der Waals surface area contributed by atoms with Crippen LogP contribution in [0.4, 0.5) is 0 Å². The molecule has 1 aliphatic rings. The molecule has 2 aromatic rings. The van der Waals surface area contributed by atoms with E-state index in [-0.39, 0.29) is 5.54 Å². The topological polar surface area (TPSA) is 37.0 Å². The number of nitrogens with zero attached hydrogens (tertiary/aromatic N) is 1. The average Bonchev–Trinajstić information content (AvgIpc) is 2.89. The SMILES string of the molecule is Cc1c(Cl)c(CNC2(C)CCNC2)nc2ccccc12. The van der Waals surface area contributed by atoms with Crippen LogP contribution in [0.2, 0.25) is 5.02 Å². The smallest absolute Gasteiger partial charge is 0.0738 e. The molecule has 0 amide bonds. The Kier molecular flexibility index (Phi) is 3.67. The summed E-state index contributed by atoms with van der Waals surface area (Å²) in [6.45, 7) is 7.09. The first kappa shape index (κ1) is 13.8. The molecule has 0 saturated carbocycles. The Hall–Kier alpha value is -1.16. The summed E-state index contributed by atoms with van der Waals surface area (Å²) in [7, 11) is 0. The highest BCUT2D eigenvalue weighted by molar-refractivity contribution is 6.32. The third-order valence-corrected chi connectivity index (χ3v) is 4.70. The number of pyridine rings is 1. The van der Waals surface area contributed by atoms with E-state index in [1.54, 1.807) is 0 Å². The summed E-state index contributed by atoms with van der Waals surface area (Å²) in [6, 6.07) is 8.16. The van der Waals surface area contributed by atoms with Crippen molar-refractivity contribution >= 4 is 22.5 Å². The van der Waals surface area contributed by atoms with Crippen molar-refractivity contribution in [3.8, 4) is 0 Å². The van der Waals surface area contributed by atoms with Gasteiger partial charge in [-0.2, -0.15) is 0 Å². The Morgan fingerprint density at radius 2 is 2.20 bits per heavy atom. The fraction of sp³-hybridized carbons (Fsp3) is 0.438. The number of fused-ring (bicyclic) bond motifs is 1. The molecule has 1 aliphatic heterocycles. The number of hydrogen-bond acceptors (Lipinski definition) is 3.